The van der Waals surface area contributed by atoms with Crippen LogP contribution in [0.2, 0.25) is 0 Å². The average molecular weight is 265 g/mol. The zero-order valence-corrected chi connectivity index (χ0v) is 11.5. The molecule has 0 radical (unpaired) electrons. The molecule has 1 aromatic carbocycles. The van der Waals surface area contributed by atoms with Gasteiger partial charge in [0.15, 0.2) is 0 Å². The van der Waals surface area contributed by atoms with Crippen LogP contribution in [0.15, 0.2) is 24.3 Å². The molecular formula is C15H23NO3. The molecule has 0 heterocycles. The molecule has 1 aliphatic carbocycles. The minimum absolute atomic E-state index is 0.0192. The lowest BCUT2D eigenvalue weighted by Gasteiger charge is -2.22. The Labute approximate surface area is 114 Å². The number of ether oxygens (including phenoxy) is 2. The molecule has 0 unspecified atom stereocenters. The minimum atomic E-state index is -0.651. The SMILES string of the molecule is C[C@@H](CN)Oc1cccc(OCC2(O)CCCC2)c1. The second-order valence-corrected chi connectivity index (χ2v) is 5.36. The van der Waals surface area contributed by atoms with Gasteiger partial charge in [0, 0.05) is 12.6 Å². The van der Waals surface area contributed by atoms with E-state index in [1.807, 2.05) is 31.2 Å². The van der Waals surface area contributed by atoms with Crippen LogP contribution >= 0.6 is 0 Å². The Morgan fingerprint density at radius 1 is 1.32 bits per heavy atom. The second kappa shape index (κ2) is 6.26. The highest BCUT2D eigenvalue weighted by Gasteiger charge is 2.31. The summed E-state index contributed by atoms with van der Waals surface area (Å²) in [5.41, 5.74) is 4.88. The fraction of sp³-hybridized carbons (Fsp3) is 0.600. The number of hydrogen-bond donors (Lipinski definition) is 2. The summed E-state index contributed by atoms with van der Waals surface area (Å²) in [6, 6.07) is 7.47. The maximum atomic E-state index is 10.2. The molecule has 106 valence electrons. The molecule has 4 heteroatoms. The van der Waals surface area contributed by atoms with E-state index >= 15 is 0 Å². The average Bonchev–Trinajstić information content (AvgIpc) is 2.84. The molecule has 1 fully saturated rings. The molecule has 0 aromatic heterocycles. The number of rotatable bonds is 6. The Morgan fingerprint density at radius 3 is 2.68 bits per heavy atom. The van der Waals surface area contributed by atoms with Gasteiger partial charge in [-0.05, 0) is 31.9 Å². The van der Waals surface area contributed by atoms with Crippen molar-refractivity contribution >= 4 is 0 Å². The molecule has 1 aliphatic rings. The van der Waals surface area contributed by atoms with Gasteiger partial charge in [-0.25, -0.2) is 0 Å². The number of aliphatic hydroxyl groups is 1. The van der Waals surface area contributed by atoms with E-state index in [4.69, 9.17) is 15.2 Å². The maximum Gasteiger partial charge on any atom is 0.123 e. The third-order valence-corrected chi connectivity index (χ3v) is 3.52. The first-order valence-corrected chi connectivity index (χ1v) is 6.93. The van der Waals surface area contributed by atoms with E-state index in [9.17, 15) is 5.11 Å². The highest BCUT2D eigenvalue weighted by molar-refractivity contribution is 5.33. The summed E-state index contributed by atoms with van der Waals surface area (Å²) in [6.45, 7) is 2.75. The smallest absolute Gasteiger partial charge is 0.123 e. The summed E-state index contributed by atoms with van der Waals surface area (Å²) < 4.78 is 11.3. The minimum Gasteiger partial charge on any atom is -0.490 e. The van der Waals surface area contributed by atoms with Crippen LogP contribution in [0.5, 0.6) is 11.5 Å². The largest absolute Gasteiger partial charge is 0.490 e. The van der Waals surface area contributed by atoms with Gasteiger partial charge in [0.1, 0.15) is 24.2 Å². The first-order valence-electron chi connectivity index (χ1n) is 6.93. The molecule has 1 atom stereocenters. The van der Waals surface area contributed by atoms with Gasteiger partial charge in [-0.2, -0.15) is 0 Å². The summed E-state index contributed by atoms with van der Waals surface area (Å²) in [5, 5.41) is 10.2. The van der Waals surface area contributed by atoms with E-state index in [1.165, 1.54) is 0 Å². The molecule has 0 bridgehead atoms. The first-order chi connectivity index (χ1) is 9.11. The van der Waals surface area contributed by atoms with Gasteiger partial charge in [-0.1, -0.05) is 18.9 Å². The van der Waals surface area contributed by atoms with Crippen molar-refractivity contribution in [2.75, 3.05) is 13.2 Å². The van der Waals surface area contributed by atoms with Crippen LogP contribution in [0.1, 0.15) is 32.6 Å². The lowest BCUT2D eigenvalue weighted by Crippen LogP contribution is -2.32. The Bertz CT molecular complexity index is 402. The molecular weight excluding hydrogens is 242 g/mol. The fourth-order valence-corrected chi connectivity index (χ4v) is 2.31. The number of nitrogens with two attached hydrogens (primary N) is 1. The quantitative estimate of drug-likeness (QED) is 0.826. The molecule has 0 spiro atoms. The van der Waals surface area contributed by atoms with Crippen molar-refractivity contribution in [3.05, 3.63) is 24.3 Å². The Morgan fingerprint density at radius 2 is 2.00 bits per heavy atom. The number of hydrogen-bond acceptors (Lipinski definition) is 4. The second-order valence-electron chi connectivity index (χ2n) is 5.36. The first kappa shape index (κ1) is 14.2. The van der Waals surface area contributed by atoms with Gasteiger partial charge in [-0.3, -0.25) is 0 Å². The van der Waals surface area contributed by atoms with Gasteiger partial charge in [0.2, 0.25) is 0 Å². The fourth-order valence-electron chi connectivity index (χ4n) is 2.31. The summed E-state index contributed by atoms with van der Waals surface area (Å²) in [4.78, 5) is 0. The van der Waals surface area contributed by atoms with Crippen LogP contribution in [0.25, 0.3) is 0 Å². The molecule has 0 aliphatic heterocycles. The van der Waals surface area contributed by atoms with Gasteiger partial charge >= 0.3 is 0 Å². The monoisotopic (exact) mass is 265 g/mol. The van der Waals surface area contributed by atoms with E-state index in [2.05, 4.69) is 0 Å². The van der Waals surface area contributed by atoms with E-state index in [1.54, 1.807) is 0 Å². The predicted molar refractivity (Wildman–Crippen MR) is 74.5 cm³/mol. The van der Waals surface area contributed by atoms with Crippen molar-refractivity contribution in [1.82, 2.24) is 0 Å². The molecule has 3 N–H and O–H groups in total. The summed E-state index contributed by atoms with van der Waals surface area (Å²) in [5.74, 6) is 1.47. The number of benzene rings is 1. The van der Waals surface area contributed by atoms with Gasteiger partial charge in [0.05, 0.1) is 5.60 Å². The molecule has 2 rings (SSSR count). The molecule has 1 saturated carbocycles. The third kappa shape index (κ3) is 4.11. The standard InChI is InChI=1S/C15H23NO3/c1-12(10-16)19-14-6-4-5-13(9-14)18-11-15(17)7-2-3-8-15/h4-6,9,12,17H,2-3,7-8,10-11,16H2,1H3/t12-/m0/s1. The van der Waals surface area contributed by atoms with Crippen LogP contribution in [0.4, 0.5) is 0 Å². The van der Waals surface area contributed by atoms with Crippen LogP contribution < -0.4 is 15.2 Å². The highest BCUT2D eigenvalue weighted by Crippen LogP contribution is 2.30. The van der Waals surface area contributed by atoms with Crippen molar-refractivity contribution in [1.29, 1.82) is 0 Å². The van der Waals surface area contributed by atoms with Crippen molar-refractivity contribution in [2.45, 2.75) is 44.3 Å². The molecule has 4 nitrogen and oxygen atoms in total. The lowest BCUT2D eigenvalue weighted by molar-refractivity contribution is 0.00131. The van der Waals surface area contributed by atoms with Crippen LogP contribution in [-0.4, -0.2) is 30.0 Å². The van der Waals surface area contributed by atoms with Crippen molar-refractivity contribution in [3.8, 4) is 11.5 Å². The normalized spacial score (nSPS) is 19.1. The summed E-state index contributed by atoms with van der Waals surface area (Å²) in [6.07, 6.45) is 3.80. The van der Waals surface area contributed by atoms with E-state index in [0.29, 0.717) is 13.2 Å². The lowest BCUT2D eigenvalue weighted by atomic mass is 10.0. The van der Waals surface area contributed by atoms with Gasteiger partial charge in [-0.15, -0.1) is 0 Å². The topological polar surface area (TPSA) is 64.7 Å². The van der Waals surface area contributed by atoms with E-state index in [0.717, 1.165) is 37.2 Å². The molecule has 19 heavy (non-hydrogen) atoms. The Kier molecular flexibility index (Phi) is 4.66. The molecule has 0 saturated heterocycles. The van der Waals surface area contributed by atoms with Crippen LogP contribution in [0, 0.1) is 0 Å². The highest BCUT2D eigenvalue weighted by atomic mass is 16.5. The summed E-state index contributed by atoms with van der Waals surface area (Å²) >= 11 is 0. The van der Waals surface area contributed by atoms with E-state index < -0.39 is 5.60 Å². The maximum absolute atomic E-state index is 10.2. The molecule has 1 aromatic rings. The van der Waals surface area contributed by atoms with Crippen molar-refractivity contribution < 1.29 is 14.6 Å². The predicted octanol–water partition coefficient (Wildman–Crippen LogP) is 2.10. The van der Waals surface area contributed by atoms with Crippen LogP contribution in [-0.2, 0) is 0 Å². The Hall–Kier alpha value is -1.26. The molecule has 0 amide bonds. The summed E-state index contributed by atoms with van der Waals surface area (Å²) in [7, 11) is 0. The van der Waals surface area contributed by atoms with Gasteiger partial charge < -0.3 is 20.3 Å². The van der Waals surface area contributed by atoms with Crippen LogP contribution in [0.3, 0.4) is 0 Å². The van der Waals surface area contributed by atoms with Crippen molar-refractivity contribution in [2.24, 2.45) is 5.73 Å². The van der Waals surface area contributed by atoms with E-state index in [-0.39, 0.29) is 6.10 Å². The Balaban J connectivity index is 1.91. The zero-order chi connectivity index (χ0) is 13.7. The van der Waals surface area contributed by atoms with Gasteiger partial charge in [0.25, 0.3) is 0 Å². The zero-order valence-electron chi connectivity index (χ0n) is 11.5. The third-order valence-electron chi connectivity index (χ3n) is 3.52. The van der Waals surface area contributed by atoms with Crippen molar-refractivity contribution in [3.63, 3.8) is 0 Å².